The molecule has 0 spiro atoms. The summed E-state index contributed by atoms with van der Waals surface area (Å²) in [6, 6.07) is 14.4. The second kappa shape index (κ2) is 7.07. The lowest BCUT2D eigenvalue weighted by molar-refractivity contribution is -0.121. The molecule has 0 aliphatic carbocycles. The number of benzene rings is 2. The molecule has 0 aliphatic rings. The molecular weight excluding hydrogens is 338 g/mol. The molecule has 0 radical (unpaired) electrons. The lowest BCUT2D eigenvalue weighted by atomic mass is 10.1. The Morgan fingerprint density at radius 3 is 2.64 bits per heavy atom. The molecule has 0 unspecified atom stereocenters. The topological polar surface area (TPSA) is 64.0 Å². The number of carbonyl (C=O) groups is 1. The minimum Gasteiger partial charge on any atom is -0.349 e. The Morgan fingerprint density at radius 2 is 1.92 bits per heavy atom. The number of hydrogen-bond acceptors (Lipinski definition) is 3. The third kappa shape index (κ3) is 3.72. The van der Waals surface area contributed by atoms with Gasteiger partial charge in [0, 0.05) is 17.5 Å². The summed E-state index contributed by atoms with van der Waals surface area (Å²) in [6.07, 6.45) is 0.0968. The van der Waals surface area contributed by atoms with E-state index in [0.29, 0.717) is 21.5 Å². The standard InChI is InChI=1S/C19H18ClN3O2/c1-12(13-6-5-7-14(20)10-13)21-18(24)11-17-15-8-3-4-9-16(15)19(25)23(2)22-17/h3-10,12H,11H2,1-2H3,(H,21,24)/t12-/m0/s1. The third-order valence-corrected chi connectivity index (χ3v) is 4.32. The van der Waals surface area contributed by atoms with E-state index >= 15 is 0 Å². The number of aryl methyl sites for hydroxylation is 1. The highest BCUT2D eigenvalue weighted by atomic mass is 35.5. The maximum atomic E-state index is 12.4. The van der Waals surface area contributed by atoms with Crippen molar-refractivity contribution in [3.8, 4) is 0 Å². The first kappa shape index (κ1) is 17.2. The van der Waals surface area contributed by atoms with Gasteiger partial charge in [0.1, 0.15) is 0 Å². The predicted octanol–water partition coefficient (Wildman–Crippen LogP) is 3.01. The van der Waals surface area contributed by atoms with Crippen molar-refractivity contribution in [1.82, 2.24) is 15.1 Å². The van der Waals surface area contributed by atoms with Crippen LogP contribution in [0.4, 0.5) is 0 Å². The Balaban J connectivity index is 1.83. The number of rotatable bonds is 4. The molecule has 1 heterocycles. The monoisotopic (exact) mass is 355 g/mol. The van der Waals surface area contributed by atoms with Crippen LogP contribution in [-0.2, 0) is 18.3 Å². The van der Waals surface area contributed by atoms with E-state index in [1.54, 1.807) is 25.2 Å². The Labute approximate surface area is 150 Å². The number of amides is 1. The molecule has 5 nitrogen and oxygen atoms in total. The molecule has 1 amide bonds. The van der Waals surface area contributed by atoms with Gasteiger partial charge in [-0.05, 0) is 30.7 Å². The third-order valence-electron chi connectivity index (χ3n) is 4.09. The van der Waals surface area contributed by atoms with Crippen molar-refractivity contribution in [2.24, 2.45) is 7.05 Å². The fourth-order valence-electron chi connectivity index (χ4n) is 2.81. The fourth-order valence-corrected chi connectivity index (χ4v) is 3.01. The number of nitrogens with zero attached hydrogens (tertiary/aromatic N) is 2. The smallest absolute Gasteiger partial charge is 0.274 e. The van der Waals surface area contributed by atoms with Gasteiger partial charge in [-0.15, -0.1) is 0 Å². The SMILES string of the molecule is C[C@H](NC(=O)Cc1nn(C)c(=O)c2ccccc12)c1cccc(Cl)c1. The molecule has 0 saturated heterocycles. The maximum absolute atomic E-state index is 12.4. The van der Waals surface area contributed by atoms with Crippen LogP contribution in [0.25, 0.3) is 10.8 Å². The quantitative estimate of drug-likeness (QED) is 0.782. The van der Waals surface area contributed by atoms with Gasteiger partial charge in [0.15, 0.2) is 0 Å². The summed E-state index contributed by atoms with van der Waals surface area (Å²) < 4.78 is 1.27. The Morgan fingerprint density at radius 1 is 1.20 bits per heavy atom. The summed E-state index contributed by atoms with van der Waals surface area (Å²) in [7, 11) is 1.59. The van der Waals surface area contributed by atoms with Crippen LogP contribution in [0, 0.1) is 0 Å². The summed E-state index contributed by atoms with van der Waals surface area (Å²) in [5.74, 6) is -0.163. The minimum absolute atomic E-state index is 0.0968. The molecule has 0 aliphatic heterocycles. The van der Waals surface area contributed by atoms with Gasteiger partial charge in [-0.2, -0.15) is 5.10 Å². The van der Waals surface area contributed by atoms with Crippen molar-refractivity contribution in [2.75, 3.05) is 0 Å². The number of aromatic nitrogens is 2. The van der Waals surface area contributed by atoms with Gasteiger partial charge in [-0.3, -0.25) is 9.59 Å². The van der Waals surface area contributed by atoms with E-state index < -0.39 is 0 Å². The van der Waals surface area contributed by atoms with Crippen molar-refractivity contribution in [1.29, 1.82) is 0 Å². The summed E-state index contributed by atoms with van der Waals surface area (Å²) in [4.78, 5) is 24.6. The zero-order valence-electron chi connectivity index (χ0n) is 14.0. The first-order valence-electron chi connectivity index (χ1n) is 7.95. The number of fused-ring (bicyclic) bond motifs is 1. The van der Waals surface area contributed by atoms with Crippen LogP contribution in [0.15, 0.2) is 53.3 Å². The van der Waals surface area contributed by atoms with Crippen LogP contribution < -0.4 is 10.9 Å². The van der Waals surface area contributed by atoms with E-state index in [0.717, 1.165) is 5.56 Å². The summed E-state index contributed by atoms with van der Waals surface area (Å²) in [6.45, 7) is 1.90. The van der Waals surface area contributed by atoms with Crippen LogP contribution >= 0.6 is 11.6 Å². The Bertz CT molecular complexity index is 997. The first-order chi connectivity index (χ1) is 12.0. The molecule has 25 heavy (non-hydrogen) atoms. The van der Waals surface area contributed by atoms with Crippen LogP contribution in [-0.4, -0.2) is 15.7 Å². The molecule has 1 aromatic heterocycles. The number of nitrogens with one attached hydrogen (secondary N) is 1. The van der Waals surface area contributed by atoms with Crippen molar-refractivity contribution >= 4 is 28.3 Å². The highest BCUT2D eigenvalue weighted by Gasteiger charge is 2.15. The predicted molar refractivity (Wildman–Crippen MR) is 98.7 cm³/mol. The number of hydrogen-bond donors (Lipinski definition) is 1. The fraction of sp³-hybridized carbons (Fsp3) is 0.211. The molecule has 128 valence electrons. The van der Waals surface area contributed by atoms with E-state index in [4.69, 9.17) is 11.6 Å². The zero-order chi connectivity index (χ0) is 18.0. The molecule has 3 aromatic rings. The molecule has 0 saturated carbocycles. The highest BCUT2D eigenvalue weighted by Crippen LogP contribution is 2.18. The summed E-state index contributed by atoms with van der Waals surface area (Å²) >= 11 is 6.00. The van der Waals surface area contributed by atoms with E-state index in [1.807, 2.05) is 37.3 Å². The van der Waals surface area contributed by atoms with E-state index in [9.17, 15) is 9.59 Å². The molecule has 0 fully saturated rings. The molecule has 0 bridgehead atoms. The van der Waals surface area contributed by atoms with Crippen molar-refractivity contribution in [2.45, 2.75) is 19.4 Å². The second-order valence-corrected chi connectivity index (χ2v) is 6.38. The second-order valence-electron chi connectivity index (χ2n) is 5.94. The van der Waals surface area contributed by atoms with Gasteiger partial charge >= 0.3 is 0 Å². The first-order valence-corrected chi connectivity index (χ1v) is 8.33. The van der Waals surface area contributed by atoms with Gasteiger partial charge in [0.2, 0.25) is 5.91 Å². The average molecular weight is 356 g/mol. The molecule has 1 N–H and O–H groups in total. The average Bonchev–Trinajstić information content (AvgIpc) is 2.59. The van der Waals surface area contributed by atoms with Gasteiger partial charge in [0.05, 0.1) is 23.5 Å². The summed E-state index contributed by atoms with van der Waals surface area (Å²) in [5.41, 5.74) is 1.33. The van der Waals surface area contributed by atoms with E-state index in [-0.39, 0.29) is 23.9 Å². The van der Waals surface area contributed by atoms with Crippen LogP contribution in [0.1, 0.15) is 24.2 Å². The molecule has 3 rings (SSSR count). The van der Waals surface area contributed by atoms with Crippen molar-refractivity contribution in [3.05, 3.63) is 75.2 Å². The summed E-state index contributed by atoms with van der Waals surface area (Å²) in [5, 5.41) is 9.10. The van der Waals surface area contributed by atoms with Crippen LogP contribution in [0.2, 0.25) is 5.02 Å². The Hall–Kier alpha value is -2.66. The normalized spacial score (nSPS) is 12.1. The Kier molecular flexibility index (Phi) is 4.86. The van der Waals surface area contributed by atoms with Gasteiger partial charge in [-0.25, -0.2) is 4.68 Å². The van der Waals surface area contributed by atoms with Gasteiger partial charge in [-0.1, -0.05) is 41.9 Å². The lowest BCUT2D eigenvalue weighted by Crippen LogP contribution is -2.30. The molecule has 1 atom stereocenters. The lowest BCUT2D eigenvalue weighted by Gasteiger charge is -2.15. The van der Waals surface area contributed by atoms with E-state index in [1.165, 1.54) is 4.68 Å². The van der Waals surface area contributed by atoms with Crippen LogP contribution in [0.5, 0.6) is 0 Å². The van der Waals surface area contributed by atoms with Gasteiger partial charge < -0.3 is 5.32 Å². The van der Waals surface area contributed by atoms with Crippen molar-refractivity contribution < 1.29 is 4.79 Å². The largest absolute Gasteiger partial charge is 0.349 e. The number of carbonyl (C=O) groups excluding carboxylic acids is 1. The van der Waals surface area contributed by atoms with Crippen LogP contribution in [0.3, 0.4) is 0 Å². The van der Waals surface area contributed by atoms with Crippen molar-refractivity contribution in [3.63, 3.8) is 0 Å². The zero-order valence-corrected chi connectivity index (χ0v) is 14.7. The molecular formula is C19H18ClN3O2. The number of halogens is 1. The minimum atomic E-state index is -0.176. The molecule has 6 heteroatoms. The highest BCUT2D eigenvalue weighted by molar-refractivity contribution is 6.30. The molecule has 2 aromatic carbocycles. The maximum Gasteiger partial charge on any atom is 0.274 e. The van der Waals surface area contributed by atoms with Gasteiger partial charge in [0.25, 0.3) is 5.56 Å². The van der Waals surface area contributed by atoms with E-state index in [2.05, 4.69) is 10.4 Å².